The van der Waals surface area contributed by atoms with E-state index >= 15 is 0 Å². The zero-order valence-corrected chi connectivity index (χ0v) is 9.54. The lowest BCUT2D eigenvalue weighted by molar-refractivity contribution is 0.211. The molecule has 1 unspecified atom stereocenters. The first-order valence-electron chi connectivity index (χ1n) is 5.39. The van der Waals surface area contributed by atoms with Crippen molar-refractivity contribution in [2.45, 2.75) is 26.0 Å². The predicted molar refractivity (Wildman–Crippen MR) is 59.8 cm³/mol. The standard InChI is InChI=1S/C11H16N4O/c1-3-4-15-7-9(5-13-15)11(16)10-6-12-8-14(10)2/h5-8,11,16H,3-4H2,1-2H3. The summed E-state index contributed by atoms with van der Waals surface area (Å²) < 4.78 is 3.65. The second-order valence-electron chi connectivity index (χ2n) is 3.87. The predicted octanol–water partition coefficient (Wildman–Crippen LogP) is 1.11. The van der Waals surface area contributed by atoms with E-state index in [1.165, 1.54) is 0 Å². The molecular weight excluding hydrogens is 204 g/mol. The second-order valence-corrected chi connectivity index (χ2v) is 3.87. The van der Waals surface area contributed by atoms with E-state index in [4.69, 9.17) is 0 Å². The largest absolute Gasteiger partial charge is 0.382 e. The van der Waals surface area contributed by atoms with E-state index in [2.05, 4.69) is 17.0 Å². The highest BCUT2D eigenvalue weighted by molar-refractivity contribution is 5.19. The number of aliphatic hydroxyl groups excluding tert-OH is 1. The molecule has 5 nitrogen and oxygen atoms in total. The summed E-state index contributed by atoms with van der Waals surface area (Å²) in [5.74, 6) is 0. The third-order valence-corrected chi connectivity index (χ3v) is 2.56. The average molecular weight is 220 g/mol. The molecule has 2 aromatic rings. The minimum atomic E-state index is -0.655. The van der Waals surface area contributed by atoms with E-state index < -0.39 is 6.10 Å². The summed E-state index contributed by atoms with van der Waals surface area (Å²) >= 11 is 0. The molecule has 5 heteroatoms. The van der Waals surface area contributed by atoms with Crippen molar-refractivity contribution in [3.63, 3.8) is 0 Å². The lowest BCUT2D eigenvalue weighted by atomic mass is 10.1. The van der Waals surface area contributed by atoms with Gasteiger partial charge in [-0.1, -0.05) is 6.92 Å². The fraction of sp³-hybridized carbons (Fsp3) is 0.455. The Hall–Kier alpha value is -1.62. The molecule has 0 fully saturated rings. The molecule has 16 heavy (non-hydrogen) atoms. The van der Waals surface area contributed by atoms with Gasteiger partial charge < -0.3 is 9.67 Å². The van der Waals surface area contributed by atoms with Crippen LogP contribution < -0.4 is 0 Å². The third-order valence-electron chi connectivity index (χ3n) is 2.56. The summed E-state index contributed by atoms with van der Waals surface area (Å²) in [4.78, 5) is 3.99. The highest BCUT2D eigenvalue weighted by Crippen LogP contribution is 2.20. The number of aryl methyl sites for hydroxylation is 2. The molecule has 0 radical (unpaired) electrons. The molecule has 0 saturated carbocycles. The van der Waals surface area contributed by atoms with Gasteiger partial charge in [-0.25, -0.2) is 4.98 Å². The number of hydrogen-bond donors (Lipinski definition) is 1. The van der Waals surface area contributed by atoms with Crippen LogP contribution in [0.4, 0.5) is 0 Å². The molecule has 0 aliphatic rings. The Bertz CT molecular complexity index is 460. The maximum absolute atomic E-state index is 10.1. The zero-order chi connectivity index (χ0) is 11.5. The van der Waals surface area contributed by atoms with Crippen LogP contribution in [0, 0.1) is 0 Å². The molecule has 0 aliphatic carbocycles. The minimum absolute atomic E-state index is 0.655. The van der Waals surface area contributed by atoms with Crippen molar-refractivity contribution in [2.75, 3.05) is 0 Å². The average Bonchev–Trinajstić information content (AvgIpc) is 2.87. The fourth-order valence-corrected chi connectivity index (χ4v) is 1.67. The fourth-order valence-electron chi connectivity index (χ4n) is 1.67. The number of rotatable bonds is 4. The van der Waals surface area contributed by atoms with Gasteiger partial charge in [-0.15, -0.1) is 0 Å². The SMILES string of the molecule is CCCn1cc(C(O)c2cncn2C)cn1. The highest BCUT2D eigenvalue weighted by atomic mass is 16.3. The first kappa shape index (κ1) is 10.9. The van der Waals surface area contributed by atoms with Crippen LogP contribution in [0.2, 0.25) is 0 Å². The summed E-state index contributed by atoms with van der Waals surface area (Å²) in [6.07, 6.45) is 7.30. The van der Waals surface area contributed by atoms with Crippen molar-refractivity contribution in [2.24, 2.45) is 7.05 Å². The van der Waals surface area contributed by atoms with Crippen LogP contribution >= 0.6 is 0 Å². The van der Waals surface area contributed by atoms with E-state index in [9.17, 15) is 5.11 Å². The third kappa shape index (κ3) is 1.99. The molecule has 86 valence electrons. The van der Waals surface area contributed by atoms with Crippen LogP contribution in [0.25, 0.3) is 0 Å². The van der Waals surface area contributed by atoms with Crippen molar-refractivity contribution < 1.29 is 5.11 Å². The van der Waals surface area contributed by atoms with Crippen LogP contribution in [0.15, 0.2) is 24.9 Å². The van der Waals surface area contributed by atoms with Crippen LogP contribution in [0.3, 0.4) is 0 Å². The molecule has 0 amide bonds. The van der Waals surface area contributed by atoms with Gasteiger partial charge in [-0.3, -0.25) is 4.68 Å². The monoisotopic (exact) mass is 220 g/mol. The summed E-state index contributed by atoms with van der Waals surface area (Å²) in [5, 5.41) is 14.3. The Kier molecular flexibility index (Phi) is 3.05. The van der Waals surface area contributed by atoms with Gasteiger partial charge >= 0.3 is 0 Å². The van der Waals surface area contributed by atoms with Crippen molar-refractivity contribution >= 4 is 0 Å². The van der Waals surface area contributed by atoms with Gasteiger partial charge in [0.2, 0.25) is 0 Å². The first-order valence-corrected chi connectivity index (χ1v) is 5.39. The molecule has 0 spiro atoms. The Morgan fingerprint density at radius 2 is 2.25 bits per heavy atom. The van der Waals surface area contributed by atoms with Gasteiger partial charge in [0, 0.05) is 25.4 Å². The molecule has 1 N–H and O–H groups in total. The van der Waals surface area contributed by atoms with Gasteiger partial charge in [-0.05, 0) is 6.42 Å². The number of imidazole rings is 1. The maximum atomic E-state index is 10.1. The molecule has 0 saturated heterocycles. The van der Waals surface area contributed by atoms with E-state index in [1.54, 1.807) is 18.7 Å². The van der Waals surface area contributed by atoms with E-state index in [1.807, 2.05) is 22.5 Å². The van der Waals surface area contributed by atoms with E-state index in [0.29, 0.717) is 0 Å². The number of hydrogen-bond acceptors (Lipinski definition) is 3. The van der Waals surface area contributed by atoms with Crippen LogP contribution in [-0.4, -0.2) is 24.4 Å². The summed E-state index contributed by atoms with van der Waals surface area (Å²) in [6.45, 7) is 2.97. The highest BCUT2D eigenvalue weighted by Gasteiger charge is 2.15. The van der Waals surface area contributed by atoms with Gasteiger partial charge in [-0.2, -0.15) is 5.10 Å². The number of aromatic nitrogens is 4. The van der Waals surface area contributed by atoms with Crippen molar-refractivity contribution in [3.8, 4) is 0 Å². The maximum Gasteiger partial charge on any atom is 0.124 e. The number of nitrogens with zero attached hydrogens (tertiary/aromatic N) is 4. The van der Waals surface area contributed by atoms with Gasteiger partial charge in [0.1, 0.15) is 6.10 Å². The molecule has 2 rings (SSSR count). The smallest absolute Gasteiger partial charge is 0.124 e. The van der Waals surface area contributed by atoms with Crippen molar-refractivity contribution in [1.82, 2.24) is 19.3 Å². The van der Waals surface area contributed by atoms with Crippen LogP contribution in [-0.2, 0) is 13.6 Å². The lowest BCUT2D eigenvalue weighted by Crippen LogP contribution is -2.04. The molecule has 1 atom stereocenters. The molecule has 2 heterocycles. The Morgan fingerprint density at radius 3 is 2.88 bits per heavy atom. The Morgan fingerprint density at radius 1 is 1.44 bits per heavy atom. The zero-order valence-electron chi connectivity index (χ0n) is 9.54. The Labute approximate surface area is 94.4 Å². The molecule has 0 aliphatic heterocycles. The van der Waals surface area contributed by atoms with Crippen LogP contribution in [0.5, 0.6) is 0 Å². The molecule has 2 aromatic heterocycles. The van der Waals surface area contributed by atoms with Gasteiger partial charge in [0.25, 0.3) is 0 Å². The molecular formula is C11H16N4O. The first-order chi connectivity index (χ1) is 7.72. The lowest BCUT2D eigenvalue weighted by Gasteiger charge is -2.08. The minimum Gasteiger partial charge on any atom is -0.382 e. The van der Waals surface area contributed by atoms with E-state index in [0.717, 1.165) is 24.2 Å². The molecule has 0 bridgehead atoms. The summed E-state index contributed by atoms with van der Waals surface area (Å²) in [7, 11) is 1.86. The van der Waals surface area contributed by atoms with Crippen LogP contribution in [0.1, 0.15) is 30.7 Å². The van der Waals surface area contributed by atoms with Crippen molar-refractivity contribution in [1.29, 1.82) is 0 Å². The number of aliphatic hydroxyl groups is 1. The summed E-state index contributed by atoms with van der Waals surface area (Å²) in [5.41, 5.74) is 1.58. The van der Waals surface area contributed by atoms with Gasteiger partial charge in [0.05, 0.1) is 24.4 Å². The van der Waals surface area contributed by atoms with E-state index in [-0.39, 0.29) is 0 Å². The topological polar surface area (TPSA) is 55.9 Å². The Balaban J connectivity index is 2.20. The molecule has 0 aromatic carbocycles. The van der Waals surface area contributed by atoms with Gasteiger partial charge in [0.15, 0.2) is 0 Å². The second kappa shape index (κ2) is 4.49. The quantitative estimate of drug-likeness (QED) is 0.839. The summed E-state index contributed by atoms with van der Waals surface area (Å²) in [6, 6.07) is 0. The normalized spacial score (nSPS) is 12.9. The van der Waals surface area contributed by atoms with Crippen molar-refractivity contribution in [3.05, 3.63) is 36.2 Å².